The molecule has 2 aliphatic heterocycles. The van der Waals surface area contributed by atoms with Crippen LogP contribution in [0.15, 0.2) is 65.3 Å². The van der Waals surface area contributed by atoms with Gasteiger partial charge in [0.25, 0.3) is 5.91 Å². The van der Waals surface area contributed by atoms with Gasteiger partial charge >= 0.3 is 0 Å². The number of rotatable bonds is 14. The predicted molar refractivity (Wildman–Crippen MR) is 217 cm³/mol. The summed E-state index contributed by atoms with van der Waals surface area (Å²) in [5.41, 5.74) is 3.09. The number of fused-ring (bicyclic) bond motifs is 2. The minimum atomic E-state index is -0.487. The number of phenols is 1. The number of ether oxygens (including phenoxy) is 2. The Balaban J connectivity index is 1.20. The summed E-state index contributed by atoms with van der Waals surface area (Å²) in [5, 5.41) is 26.7. The summed E-state index contributed by atoms with van der Waals surface area (Å²) in [4.78, 5) is 23.6. The van der Waals surface area contributed by atoms with E-state index in [2.05, 4.69) is 58.8 Å². The van der Waals surface area contributed by atoms with Crippen molar-refractivity contribution in [3.8, 4) is 11.5 Å². The maximum Gasteiger partial charge on any atom is 0.286 e. The number of morpholine rings is 1. The molecule has 2 aromatic carbocycles. The fraction of sp³-hybridized carbons (Fsp3) is 0.488. The molecule has 0 unspecified atom stereocenters. The van der Waals surface area contributed by atoms with Gasteiger partial charge in [-0.2, -0.15) is 5.10 Å². The zero-order chi connectivity index (χ0) is 38.6. The Labute approximate surface area is 323 Å². The predicted octanol–water partition coefficient (Wildman–Crippen LogP) is 6.97. The van der Waals surface area contributed by atoms with Gasteiger partial charge in [-0.25, -0.2) is 0 Å². The summed E-state index contributed by atoms with van der Waals surface area (Å²) in [6.07, 6.45) is 8.61. The Hall–Kier alpha value is -4.94. The fourth-order valence-electron chi connectivity index (χ4n) is 8.60. The fourth-order valence-corrected chi connectivity index (χ4v) is 8.60. The molecule has 0 radical (unpaired) electrons. The molecule has 12 nitrogen and oxygen atoms in total. The number of amides is 1. The molecule has 2 aliphatic rings. The number of aromatic hydroxyl groups is 1. The number of nitrogens with zero attached hydrogens (tertiary/aromatic N) is 6. The van der Waals surface area contributed by atoms with E-state index in [4.69, 9.17) is 24.1 Å². The topological polar surface area (TPSA) is 129 Å². The molecule has 0 aliphatic carbocycles. The number of furan rings is 1. The van der Waals surface area contributed by atoms with Gasteiger partial charge in [0.15, 0.2) is 23.1 Å². The zero-order valence-electron chi connectivity index (χ0n) is 32.9. The van der Waals surface area contributed by atoms with E-state index >= 15 is 0 Å². The molecular weight excluding hydrogens is 695 g/mol. The zero-order valence-corrected chi connectivity index (χ0v) is 32.9. The summed E-state index contributed by atoms with van der Waals surface area (Å²) in [7, 11) is 1.60. The standard InChI is InChI=1S/C43H55N7O5/c1-6-42(7-2,50-20-22-53-23-21-50)29-43(8-3,9-4)55-38-28-34-33(27-36(38)51)35(24-30-12-14-45-15-13-30)46-47-40(34)49-18-16-48(17-19-49)32-10-11-37-31(25-32)26-39(54-37)41(52)44-5/h10-15,25-28,51H,6-9,16-24,29H2,1-5H3,(H,44,52). The lowest BCUT2D eigenvalue weighted by Crippen LogP contribution is -2.57. The number of benzene rings is 2. The van der Waals surface area contributed by atoms with Crippen molar-refractivity contribution >= 4 is 39.2 Å². The molecule has 5 aromatic rings. The molecular formula is C43H55N7O5. The van der Waals surface area contributed by atoms with Gasteiger partial charge in [0.1, 0.15) is 11.2 Å². The van der Waals surface area contributed by atoms with Crippen LogP contribution >= 0.6 is 0 Å². The van der Waals surface area contributed by atoms with Crippen molar-refractivity contribution in [1.29, 1.82) is 0 Å². The highest BCUT2D eigenvalue weighted by Crippen LogP contribution is 2.44. The highest BCUT2D eigenvalue weighted by molar-refractivity contribution is 5.97. The first kappa shape index (κ1) is 38.3. The molecule has 2 fully saturated rings. The van der Waals surface area contributed by atoms with Crippen LogP contribution in [0, 0.1) is 0 Å². The van der Waals surface area contributed by atoms with Crippen molar-refractivity contribution in [2.45, 2.75) is 77.4 Å². The number of carbonyl (C=O) groups excluding carboxylic acids is 1. The summed E-state index contributed by atoms with van der Waals surface area (Å²) in [5.74, 6) is 1.42. The Bertz CT molecular complexity index is 2080. The smallest absolute Gasteiger partial charge is 0.286 e. The molecule has 292 valence electrons. The lowest BCUT2D eigenvalue weighted by Gasteiger charge is -2.50. The number of aromatic nitrogens is 3. The Morgan fingerprint density at radius 1 is 0.855 bits per heavy atom. The van der Waals surface area contributed by atoms with E-state index in [9.17, 15) is 9.90 Å². The van der Waals surface area contributed by atoms with E-state index < -0.39 is 5.60 Å². The maximum atomic E-state index is 12.2. The van der Waals surface area contributed by atoms with Gasteiger partial charge < -0.3 is 34.1 Å². The first-order chi connectivity index (χ1) is 26.7. The monoisotopic (exact) mass is 749 g/mol. The Morgan fingerprint density at radius 3 is 2.24 bits per heavy atom. The summed E-state index contributed by atoms with van der Waals surface area (Å²) in [6.45, 7) is 15.3. The first-order valence-corrected chi connectivity index (χ1v) is 19.9. The third-order valence-electron chi connectivity index (χ3n) is 12.2. The van der Waals surface area contributed by atoms with E-state index in [-0.39, 0.29) is 17.2 Å². The van der Waals surface area contributed by atoms with Crippen LogP contribution in [0.1, 0.15) is 81.6 Å². The minimum Gasteiger partial charge on any atom is -0.504 e. The molecule has 0 spiro atoms. The molecule has 12 heteroatoms. The van der Waals surface area contributed by atoms with Crippen molar-refractivity contribution in [2.24, 2.45) is 0 Å². The van der Waals surface area contributed by atoms with E-state index in [1.54, 1.807) is 25.5 Å². The molecule has 0 atom stereocenters. The van der Waals surface area contributed by atoms with E-state index in [0.717, 1.165) is 124 Å². The number of phenolic OH excluding ortho intramolecular Hbond substituents is 1. The number of carbonyl (C=O) groups is 1. The van der Waals surface area contributed by atoms with E-state index in [1.807, 2.05) is 36.4 Å². The van der Waals surface area contributed by atoms with Gasteiger partial charge in [-0.1, -0.05) is 27.7 Å². The average molecular weight is 750 g/mol. The molecule has 2 saturated heterocycles. The molecule has 55 heavy (non-hydrogen) atoms. The van der Waals surface area contributed by atoms with Crippen molar-refractivity contribution in [3.05, 3.63) is 77.9 Å². The van der Waals surface area contributed by atoms with Gasteiger partial charge in [0.05, 0.1) is 18.9 Å². The van der Waals surface area contributed by atoms with Crippen LogP contribution in [0.4, 0.5) is 11.5 Å². The summed E-state index contributed by atoms with van der Waals surface area (Å²) in [6, 6.07) is 15.6. The van der Waals surface area contributed by atoms with Crippen LogP contribution in [0.5, 0.6) is 11.5 Å². The van der Waals surface area contributed by atoms with Gasteiger partial charge in [-0.3, -0.25) is 14.7 Å². The minimum absolute atomic E-state index is 0.0368. The lowest BCUT2D eigenvalue weighted by atomic mass is 9.76. The third kappa shape index (κ3) is 7.80. The summed E-state index contributed by atoms with van der Waals surface area (Å²) >= 11 is 0. The largest absolute Gasteiger partial charge is 0.504 e. The summed E-state index contributed by atoms with van der Waals surface area (Å²) < 4.78 is 18.6. The number of pyridine rings is 1. The van der Waals surface area contributed by atoms with Gasteiger partial charge in [0, 0.05) is 98.9 Å². The number of hydrogen-bond donors (Lipinski definition) is 2. The molecule has 1 amide bonds. The van der Waals surface area contributed by atoms with Gasteiger partial charge in [-0.05, 0) is 79.8 Å². The van der Waals surface area contributed by atoms with Crippen molar-refractivity contribution in [1.82, 2.24) is 25.4 Å². The van der Waals surface area contributed by atoms with Crippen LogP contribution < -0.4 is 19.9 Å². The van der Waals surface area contributed by atoms with Crippen molar-refractivity contribution in [3.63, 3.8) is 0 Å². The van der Waals surface area contributed by atoms with Crippen LogP contribution in [-0.4, -0.2) is 102 Å². The molecule has 0 saturated carbocycles. The number of nitrogens with one attached hydrogen (secondary N) is 1. The Kier molecular flexibility index (Phi) is 11.4. The third-order valence-corrected chi connectivity index (χ3v) is 12.2. The van der Waals surface area contributed by atoms with Crippen LogP contribution in [0.3, 0.4) is 0 Å². The number of hydrogen-bond acceptors (Lipinski definition) is 11. The normalized spacial score (nSPS) is 15.9. The lowest BCUT2D eigenvalue weighted by molar-refractivity contribution is -0.0681. The quantitative estimate of drug-likeness (QED) is 0.122. The van der Waals surface area contributed by atoms with E-state index in [1.165, 1.54) is 0 Å². The van der Waals surface area contributed by atoms with Crippen molar-refractivity contribution in [2.75, 3.05) is 69.3 Å². The second-order valence-electron chi connectivity index (χ2n) is 15.0. The second-order valence-corrected chi connectivity index (χ2v) is 15.0. The Morgan fingerprint density at radius 2 is 1.56 bits per heavy atom. The highest BCUT2D eigenvalue weighted by Gasteiger charge is 2.43. The average Bonchev–Trinajstić information content (AvgIpc) is 3.67. The first-order valence-electron chi connectivity index (χ1n) is 19.9. The number of anilines is 2. The molecule has 3 aromatic heterocycles. The van der Waals surface area contributed by atoms with Crippen LogP contribution in [0.25, 0.3) is 21.7 Å². The van der Waals surface area contributed by atoms with Crippen LogP contribution in [-0.2, 0) is 11.2 Å². The SMILES string of the molecule is CCC(CC)(CC(CC)(CC)N1CCOCC1)Oc1cc2c(N3CCN(c4ccc5oc(C(=O)NC)cc5c4)CC3)nnc(Cc3ccncc3)c2cc1O. The van der Waals surface area contributed by atoms with Crippen molar-refractivity contribution < 1.29 is 23.8 Å². The maximum absolute atomic E-state index is 12.2. The van der Waals surface area contributed by atoms with Gasteiger partial charge in [-0.15, -0.1) is 5.10 Å². The highest BCUT2D eigenvalue weighted by atomic mass is 16.5. The molecule has 2 N–H and O–H groups in total. The number of piperazine rings is 1. The molecule has 7 rings (SSSR count). The van der Waals surface area contributed by atoms with Gasteiger partial charge in [0.2, 0.25) is 0 Å². The molecule has 5 heterocycles. The van der Waals surface area contributed by atoms with Crippen LogP contribution in [0.2, 0.25) is 0 Å². The molecule has 0 bridgehead atoms. The second kappa shape index (κ2) is 16.4. The van der Waals surface area contributed by atoms with E-state index in [0.29, 0.717) is 23.5 Å².